The summed E-state index contributed by atoms with van der Waals surface area (Å²) in [6.45, 7) is 2.62. The quantitative estimate of drug-likeness (QED) is 0.217. The number of nitrogens with one attached hydrogen (secondary N) is 2. The molecule has 0 aromatic rings. The molecule has 6 heteroatoms. The fourth-order valence-electron chi connectivity index (χ4n) is 0.767. The Morgan fingerprint density at radius 1 is 1.57 bits per heavy atom. The smallest absolute Gasteiger partial charge is 0.204 e. The summed E-state index contributed by atoms with van der Waals surface area (Å²) >= 11 is 0. The van der Waals surface area contributed by atoms with Crippen molar-refractivity contribution >= 4 is 5.96 Å². The van der Waals surface area contributed by atoms with E-state index in [4.69, 9.17) is 11.0 Å². The average molecular weight is 198 g/mol. The van der Waals surface area contributed by atoms with Crippen molar-refractivity contribution < 1.29 is 0 Å². The third-order valence-corrected chi connectivity index (χ3v) is 1.42. The molecule has 0 aliphatic heterocycles. The van der Waals surface area contributed by atoms with Crippen molar-refractivity contribution in [2.75, 3.05) is 40.3 Å². The van der Waals surface area contributed by atoms with Crippen LogP contribution in [0.5, 0.6) is 0 Å². The molecule has 6 nitrogen and oxygen atoms in total. The van der Waals surface area contributed by atoms with Gasteiger partial charge in [0.15, 0.2) is 6.19 Å². The predicted molar refractivity (Wildman–Crippen MR) is 56.7 cm³/mol. The summed E-state index contributed by atoms with van der Waals surface area (Å²) in [4.78, 5) is 6.10. The highest BCUT2D eigenvalue weighted by Crippen LogP contribution is 1.73. The molecule has 0 rings (SSSR count). The molecular weight excluding hydrogens is 180 g/mol. The van der Waals surface area contributed by atoms with Gasteiger partial charge in [-0.3, -0.25) is 10.3 Å². The Kier molecular flexibility index (Phi) is 7.50. The first kappa shape index (κ1) is 12.7. The lowest BCUT2D eigenvalue weighted by molar-refractivity contribution is 0.412. The number of hydrogen-bond donors (Lipinski definition) is 3. The summed E-state index contributed by atoms with van der Waals surface area (Å²) in [6, 6.07) is 0. The number of likely N-dealkylation sites (N-methyl/N-ethyl adjacent to an activating group) is 1. The van der Waals surface area contributed by atoms with Gasteiger partial charge in [-0.25, -0.2) is 0 Å². The number of nitriles is 1. The van der Waals surface area contributed by atoms with Crippen LogP contribution in [-0.4, -0.2) is 51.1 Å². The molecule has 0 radical (unpaired) electrons. The monoisotopic (exact) mass is 198 g/mol. The minimum atomic E-state index is 0.478. The van der Waals surface area contributed by atoms with E-state index in [9.17, 15) is 0 Å². The van der Waals surface area contributed by atoms with E-state index in [-0.39, 0.29) is 0 Å². The molecule has 0 fully saturated rings. The van der Waals surface area contributed by atoms with Gasteiger partial charge in [0.2, 0.25) is 5.96 Å². The Morgan fingerprint density at radius 2 is 2.29 bits per heavy atom. The first-order valence-corrected chi connectivity index (χ1v) is 4.49. The molecule has 4 N–H and O–H groups in total. The van der Waals surface area contributed by atoms with Gasteiger partial charge in [-0.1, -0.05) is 0 Å². The van der Waals surface area contributed by atoms with Gasteiger partial charge in [-0.2, -0.15) is 5.26 Å². The minimum Gasteiger partial charge on any atom is -0.354 e. The van der Waals surface area contributed by atoms with Crippen molar-refractivity contribution in [1.82, 2.24) is 15.5 Å². The van der Waals surface area contributed by atoms with Crippen LogP contribution in [-0.2, 0) is 0 Å². The predicted octanol–water partition coefficient (Wildman–Crippen LogP) is -1.48. The molecule has 0 saturated heterocycles. The van der Waals surface area contributed by atoms with Gasteiger partial charge in [0.1, 0.15) is 0 Å². The van der Waals surface area contributed by atoms with Crippen molar-refractivity contribution in [2.45, 2.75) is 0 Å². The summed E-state index contributed by atoms with van der Waals surface area (Å²) in [6.07, 6.45) is 1.82. The Bertz CT molecular complexity index is 204. The van der Waals surface area contributed by atoms with E-state index in [0.717, 1.165) is 13.1 Å². The van der Waals surface area contributed by atoms with Crippen LogP contribution in [0.4, 0.5) is 0 Å². The average Bonchev–Trinajstić information content (AvgIpc) is 2.13. The first-order chi connectivity index (χ1) is 6.70. The van der Waals surface area contributed by atoms with Crippen LogP contribution < -0.4 is 16.4 Å². The Balaban J connectivity index is 3.80. The van der Waals surface area contributed by atoms with Crippen LogP contribution in [0.3, 0.4) is 0 Å². The SMILES string of the molecule is CN(C)CCNC(=NCCN)NC#N. The topological polar surface area (TPSA) is 89.5 Å². The molecule has 0 aromatic carbocycles. The number of nitrogens with two attached hydrogens (primary N) is 1. The number of aliphatic imine (C=N–C) groups is 1. The molecule has 0 spiro atoms. The summed E-state index contributed by atoms with van der Waals surface area (Å²) in [5.74, 6) is 0.486. The zero-order valence-corrected chi connectivity index (χ0v) is 8.75. The van der Waals surface area contributed by atoms with E-state index in [1.807, 2.05) is 25.2 Å². The van der Waals surface area contributed by atoms with E-state index in [1.165, 1.54) is 0 Å². The fourth-order valence-corrected chi connectivity index (χ4v) is 0.767. The molecule has 0 atom stereocenters. The largest absolute Gasteiger partial charge is 0.354 e. The maximum atomic E-state index is 8.42. The molecule has 0 aliphatic rings. The number of rotatable bonds is 5. The molecule has 80 valence electrons. The van der Waals surface area contributed by atoms with E-state index in [0.29, 0.717) is 19.0 Å². The van der Waals surface area contributed by atoms with Crippen LogP contribution in [0, 0.1) is 11.5 Å². The van der Waals surface area contributed by atoms with Crippen molar-refractivity contribution in [2.24, 2.45) is 10.7 Å². The maximum absolute atomic E-state index is 8.42. The van der Waals surface area contributed by atoms with Gasteiger partial charge in [0.05, 0.1) is 6.54 Å². The second-order valence-electron chi connectivity index (χ2n) is 2.99. The number of hydrogen-bond acceptors (Lipinski definition) is 4. The van der Waals surface area contributed by atoms with Crippen molar-refractivity contribution in [3.05, 3.63) is 0 Å². The molecule has 0 aromatic heterocycles. The van der Waals surface area contributed by atoms with Crippen molar-refractivity contribution in [3.63, 3.8) is 0 Å². The van der Waals surface area contributed by atoms with Crippen LogP contribution in [0.1, 0.15) is 0 Å². The molecule has 0 aliphatic carbocycles. The molecule has 0 heterocycles. The van der Waals surface area contributed by atoms with E-state index in [2.05, 4.69) is 15.6 Å². The molecular formula is C8H18N6. The Morgan fingerprint density at radius 3 is 2.79 bits per heavy atom. The molecule has 0 unspecified atom stereocenters. The lowest BCUT2D eigenvalue weighted by Gasteiger charge is -2.11. The van der Waals surface area contributed by atoms with Gasteiger partial charge >= 0.3 is 0 Å². The minimum absolute atomic E-state index is 0.478. The highest BCUT2D eigenvalue weighted by molar-refractivity contribution is 5.81. The highest BCUT2D eigenvalue weighted by Gasteiger charge is 1.96. The third-order valence-electron chi connectivity index (χ3n) is 1.42. The van der Waals surface area contributed by atoms with Crippen molar-refractivity contribution in [3.8, 4) is 6.19 Å². The lowest BCUT2D eigenvalue weighted by Crippen LogP contribution is -2.38. The fraction of sp³-hybridized carbons (Fsp3) is 0.750. The maximum Gasteiger partial charge on any atom is 0.204 e. The van der Waals surface area contributed by atoms with E-state index < -0.39 is 0 Å². The van der Waals surface area contributed by atoms with Crippen molar-refractivity contribution in [1.29, 1.82) is 5.26 Å². The van der Waals surface area contributed by atoms with Gasteiger partial charge in [0, 0.05) is 19.6 Å². The summed E-state index contributed by atoms with van der Waals surface area (Å²) in [5, 5.41) is 13.9. The Hall–Kier alpha value is -1.32. The molecule has 0 saturated carbocycles. The van der Waals surface area contributed by atoms with Crippen LogP contribution in [0.15, 0.2) is 4.99 Å². The second-order valence-corrected chi connectivity index (χ2v) is 2.99. The molecule has 14 heavy (non-hydrogen) atoms. The number of guanidine groups is 1. The van der Waals surface area contributed by atoms with Crippen LogP contribution >= 0.6 is 0 Å². The highest BCUT2D eigenvalue weighted by atomic mass is 15.2. The second kappa shape index (κ2) is 8.29. The summed E-state index contributed by atoms with van der Waals surface area (Å²) in [7, 11) is 3.96. The standard InChI is InChI=1S/C8H18N6/c1-14(2)6-5-12-8(13-7-10)11-4-3-9/h3-6,9H2,1-2H3,(H2,11,12,13). The van der Waals surface area contributed by atoms with Gasteiger partial charge in [0.25, 0.3) is 0 Å². The number of nitrogens with zero attached hydrogens (tertiary/aromatic N) is 3. The van der Waals surface area contributed by atoms with E-state index >= 15 is 0 Å². The zero-order valence-electron chi connectivity index (χ0n) is 8.75. The summed E-state index contributed by atoms with van der Waals surface area (Å²) in [5.41, 5.74) is 5.30. The van der Waals surface area contributed by atoms with Crippen LogP contribution in [0.25, 0.3) is 0 Å². The lowest BCUT2D eigenvalue weighted by atomic mass is 10.5. The summed E-state index contributed by atoms with van der Waals surface area (Å²) < 4.78 is 0. The normalized spacial score (nSPS) is 11.2. The van der Waals surface area contributed by atoms with Gasteiger partial charge < -0.3 is 16.0 Å². The van der Waals surface area contributed by atoms with Gasteiger partial charge in [-0.15, -0.1) is 0 Å². The molecule has 0 bridgehead atoms. The van der Waals surface area contributed by atoms with E-state index in [1.54, 1.807) is 0 Å². The third kappa shape index (κ3) is 7.34. The first-order valence-electron chi connectivity index (χ1n) is 4.49. The van der Waals surface area contributed by atoms with Gasteiger partial charge in [-0.05, 0) is 14.1 Å². The van der Waals surface area contributed by atoms with Crippen LogP contribution in [0.2, 0.25) is 0 Å². The zero-order chi connectivity index (χ0) is 10.8. The molecule has 0 amide bonds. The Labute approximate surface area is 84.8 Å².